The Balaban J connectivity index is 2.78. The van der Waals surface area contributed by atoms with Crippen LogP contribution >= 0.6 is 0 Å². The maximum atomic E-state index is 11.4. The first-order valence-corrected chi connectivity index (χ1v) is 5.05. The van der Waals surface area contributed by atoms with Gasteiger partial charge in [-0.1, -0.05) is 12.1 Å². The highest BCUT2D eigenvalue weighted by Crippen LogP contribution is 2.17. The van der Waals surface area contributed by atoms with E-state index < -0.39 is 6.29 Å². The molecule has 0 saturated carbocycles. The van der Waals surface area contributed by atoms with E-state index in [1.807, 2.05) is 0 Å². The van der Waals surface area contributed by atoms with Gasteiger partial charge in [0.2, 0.25) is 0 Å². The third-order valence-electron chi connectivity index (χ3n) is 2.12. The number of carbonyl (C=O) groups excluding carboxylic acids is 1. The van der Waals surface area contributed by atoms with E-state index in [0.29, 0.717) is 12.2 Å². The van der Waals surface area contributed by atoms with Gasteiger partial charge in [-0.15, -0.1) is 0 Å². The fourth-order valence-electron chi connectivity index (χ4n) is 1.36. The van der Waals surface area contributed by atoms with Gasteiger partial charge < -0.3 is 14.2 Å². The van der Waals surface area contributed by atoms with Crippen molar-refractivity contribution in [3.05, 3.63) is 35.4 Å². The first kappa shape index (κ1) is 12.7. The molecular weight excluding hydrogens is 208 g/mol. The van der Waals surface area contributed by atoms with Crippen molar-refractivity contribution >= 4 is 5.97 Å². The first-order valence-electron chi connectivity index (χ1n) is 5.05. The van der Waals surface area contributed by atoms with Crippen LogP contribution in [-0.2, 0) is 14.2 Å². The van der Waals surface area contributed by atoms with E-state index in [0.717, 1.165) is 5.56 Å². The summed E-state index contributed by atoms with van der Waals surface area (Å²) in [6.07, 6.45) is -0.406. The normalized spacial score (nSPS) is 10.5. The standard InChI is InChI=1S/C12H16O4/c1-4-16-11(13)9-5-7-10(8-6-9)12(14-2)15-3/h5-8,12H,4H2,1-3H3. The monoisotopic (exact) mass is 224 g/mol. The molecule has 0 fully saturated rings. The highest BCUT2D eigenvalue weighted by Gasteiger charge is 2.10. The summed E-state index contributed by atoms with van der Waals surface area (Å²) in [5, 5.41) is 0. The third-order valence-corrected chi connectivity index (χ3v) is 2.12. The second-order valence-electron chi connectivity index (χ2n) is 3.15. The molecule has 0 saturated heterocycles. The van der Waals surface area contributed by atoms with E-state index in [9.17, 15) is 4.79 Å². The quantitative estimate of drug-likeness (QED) is 0.568. The van der Waals surface area contributed by atoms with Gasteiger partial charge in [0.05, 0.1) is 12.2 Å². The van der Waals surface area contributed by atoms with Crippen molar-refractivity contribution in [2.24, 2.45) is 0 Å². The minimum Gasteiger partial charge on any atom is -0.462 e. The van der Waals surface area contributed by atoms with E-state index in [4.69, 9.17) is 14.2 Å². The van der Waals surface area contributed by atoms with Crippen LogP contribution in [0.3, 0.4) is 0 Å². The highest BCUT2D eigenvalue weighted by atomic mass is 16.7. The number of rotatable bonds is 5. The molecule has 0 heterocycles. The fourth-order valence-corrected chi connectivity index (χ4v) is 1.36. The van der Waals surface area contributed by atoms with Gasteiger partial charge in [0.15, 0.2) is 6.29 Å². The largest absolute Gasteiger partial charge is 0.462 e. The van der Waals surface area contributed by atoms with E-state index in [-0.39, 0.29) is 5.97 Å². The second-order valence-corrected chi connectivity index (χ2v) is 3.15. The van der Waals surface area contributed by atoms with Crippen molar-refractivity contribution in [3.8, 4) is 0 Å². The second kappa shape index (κ2) is 6.25. The smallest absolute Gasteiger partial charge is 0.338 e. The molecule has 4 nitrogen and oxygen atoms in total. The van der Waals surface area contributed by atoms with Gasteiger partial charge in [-0.2, -0.15) is 0 Å². The lowest BCUT2D eigenvalue weighted by atomic mass is 10.1. The molecule has 0 spiro atoms. The molecule has 1 aromatic carbocycles. The zero-order valence-corrected chi connectivity index (χ0v) is 9.73. The van der Waals surface area contributed by atoms with E-state index in [1.54, 1.807) is 45.4 Å². The van der Waals surface area contributed by atoms with Gasteiger partial charge in [-0.3, -0.25) is 0 Å². The molecule has 0 unspecified atom stereocenters. The average Bonchev–Trinajstić information content (AvgIpc) is 2.32. The number of ether oxygens (including phenoxy) is 3. The van der Waals surface area contributed by atoms with Crippen molar-refractivity contribution in [2.75, 3.05) is 20.8 Å². The Morgan fingerprint density at radius 2 is 1.75 bits per heavy atom. The molecule has 4 heteroatoms. The summed E-state index contributed by atoms with van der Waals surface area (Å²) >= 11 is 0. The lowest BCUT2D eigenvalue weighted by Gasteiger charge is -2.13. The maximum Gasteiger partial charge on any atom is 0.338 e. The Kier molecular flexibility index (Phi) is 4.95. The number of methoxy groups -OCH3 is 2. The minimum absolute atomic E-state index is 0.319. The Morgan fingerprint density at radius 3 is 2.19 bits per heavy atom. The van der Waals surface area contributed by atoms with Crippen LogP contribution in [0.5, 0.6) is 0 Å². The maximum absolute atomic E-state index is 11.4. The zero-order valence-electron chi connectivity index (χ0n) is 9.73. The van der Waals surface area contributed by atoms with Crippen LogP contribution in [-0.4, -0.2) is 26.8 Å². The van der Waals surface area contributed by atoms with Crippen LogP contribution in [0, 0.1) is 0 Å². The van der Waals surface area contributed by atoms with E-state index in [1.165, 1.54) is 0 Å². The molecule has 0 amide bonds. The Hall–Kier alpha value is -1.39. The number of benzene rings is 1. The van der Waals surface area contributed by atoms with Crippen LogP contribution in [0.4, 0.5) is 0 Å². The molecular formula is C12H16O4. The van der Waals surface area contributed by atoms with Gasteiger partial charge in [-0.25, -0.2) is 4.79 Å². The van der Waals surface area contributed by atoms with Crippen molar-refractivity contribution in [3.63, 3.8) is 0 Å². The zero-order chi connectivity index (χ0) is 12.0. The molecule has 0 aliphatic carbocycles. The third kappa shape index (κ3) is 3.05. The summed E-state index contributed by atoms with van der Waals surface area (Å²) in [6.45, 7) is 2.15. The molecule has 0 aliphatic rings. The molecule has 1 rings (SSSR count). The SMILES string of the molecule is CCOC(=O)c1ccc(C(OC)OC)cc1. The number of esters is 1. The molecule has 1 aromatic rings. The minimum atomic E-state index is -0.406. The first-order chi connectivity index (χ1) is 7.72. The van der Waals surface area contributed by atoms with Gasteiger partial charge in [-0.05, 0) is 19.1 Å². The van der Waals surface area contributed by atoms with Gasteiger partial charge >= 0.3 is 5.97 Å². The van der Waals surface area contributed by atoms with Crippen LogP contribution in [0.2, 0.25) is 0 Å². The number of hydrogen-bond donors (Lipinski definition) is 0. The van der Waals surface area contributed by atoms with Crippen molar-refractivity contribution in [1.82, 2.24) is 0 Å². The predicted molar refractivity (Wildman–Crippen MR) is 59.2 cm³/mol. The lowest BCUT2D eigenvalue weighted by molar-refractivity contribution is -0.106. The lowest BCUT2D eigenvalue weighted by Crippen LogP contribution is -2.06. The predicted octanol–water partition coefficient (Wildman–Crippen LogP) is 2.15. The van der Waals surface area contributed by atoms with Crippen LogP contribution in [0.25, 0.3) is 0 Å². The van der Waals surface area contributed by atoms with Crippen LogP contribution in [0.1, 0.15) is 29.1 Å². The molecule has 88 valence electrons. The van der Waals surface area contributed by atoms with Gasteiger partial charge in [0.25, 0.3) is 0 Å². The van der Waals surface area contributed by atoms with E-state index >= 15 is 0 Å². The van der Waals surface area contributed by atoms with Gasteiger partial charge in [0, 0.05) is 19.8 Å². The molecule has 0 atom stereocenters. The summed E-state index contributed by atoms with van der Waals surface area (Å²) in [5.74, 6) is -0.319. The van der Waals surface area contributed by atoms with Crippen molar-refractivity contribution in [2.45, 2.75) is 13.2 Å². The Morgan fingerprint density at radius 1 is 1.19 bits per heavy atom. The summed E-state index contributed by atoms with van der Waals surface area (Å²) in [4.78, 5) is 11.4. The van der Waals surface area contributed by atoms with Crippen molar-refractivity contribution in [1.29, 1.82) is 0 Å². The number of hydrogen-bond acceptors (Lipinski definition) is 4. The summed E-state index contributed by atoms with van der Waals surface area (Å²) < 4.78 is 15.1. The number of carbonyl (C=O) groups is 1. The summed E-state index contributed by atoms with van der Waals surface area (Å²) in [5.41, 5.74) is 1.38. The molecule has 0 bridgehead atoms. The molecule has 16 heavy (non-hydrogen) atoms. The highest BCUT2D eigenvalue weighted by molar-refractivity contribution is 5.89. The fraction of sp³-hybridized carbons (Fsp3) is 0.417. The molecule has 0 aromatic heterocycles. The Bertz CT molecular complexity index is 327. The summed E-state index contributed by atoms with van der Waals surface area (Å²) in [7, 11) is 3.13. The molecule has 0 aliphatic heterocycles. The van der Waals surface area contributed by atoms with Crippen LogP contribution in [0.15, 0.2) is 24.3 Å². The van der Waals surface area contributed by atoms with E-state index in [2.05, 4.69) is 0 Å². The topological polar surface area (TPSA) is 44.8 Å². The Labute approximate surface area is 95.1 Å². The van der Waals surface area contributed by atoms with Crippen molar-refractivity contribution < 1.29 is 19.0 Å². The molecule has 0 N–H and O–H groups in total. The molecule has 0 radical (unpaired) electrons. The van der Waals surface area contributed by atoms with Gasteiger partial charge in [0.1, 0.15) is 0 Å². The average molecular weight is 224 g/mol. The summed E-state index contributed by atoms with van der Waals surface area (Å²) in [6, 6.07) is 6.95. The van der Waals surface area contributed by atoms with Crippen LogP contribution < -0.4 is 0 Å².